The average Bonchev–Trinajstić information content (AvgIpc) is 2.90. The zero-order valence-electron chi connectivity index (χ0n) is 13.0. The molecule has 1 N–H and O–H groups in total. The highest BCUT2D eigenvalue weighted by atomic mass is 35.5. The first-order valence-corrected chi connectivity index (χ1v) is 9.73. The molecule has 3 rings (SSSR count). The molecular formula is C17H14Cl2N2OS2. The van der Waals surface area contributed by atoms with E-state index in [4.69, 9.17) is 23.2 Å². The van der Waals surface area contributed by atoms with Crippen molar-refractivity contribution in [2.24, 2.45) is 0 Å². The monoisotopic (exact) mass is 396 g/mol. The number of hydrogen-bond acceptors (Lipinski definition) is 4. The van der Waals surface area contributed by atoms with E-state index in [-0.39, 0.29) is 11.7 Å². The Kier molecular flexibility index (Phi) is 5.35. The van der Waals surface area contributed by atoms with E-state index in [9.17, 15) is 4.79 Å². The first-order valence-electron chi connectivity index (χ1n) is 7.18. The van der Waals surface area contributed by atoms with Crippen LogP contribution in [-0.4, -0.2) is 16.6 Å². The fourth-order valence-corrected chi connectivity index (χ4v) is 4.66. The quantitative estimate of drug-likeness (QED) is 0.553. The van der Waals surface area contributed by atoms with Gasteiger partial charge in [-0.15, -0.1) is 11.8 Å². The van der Waals surface area contributed by atoms with Crippen molar-refractivity contribution in [3.63, 3.8) is 0 Å². The molecule has 0 saturated heterocycles. The minimum absolute atomic E-state index is 0.121. The van der Waals surface area contributed by atoms with Gasteiger partial charge < -0.3 is 5.32 Å². The largest absolute Gasteiger partial charge is 0.301 e. The van der Waals surface area contributed by atoms with E-state index < -0.39 is 0 Å². The van der Waals surface area contributed by atoms with Crippen LogP contribution in [0.15, 0.2) is 35.2 Å². The number of rotatable bonds is 4. The molecule has 124 valence electrons. The first kappa shape index (κ1) is 17.5. The number of aryl methyl sites for hydroxylation is 2. The number of carbonyl (C=O) groups is 1. The number of thiazole rings is 1. The normalized spacial score (nSPS) is 11.0. The van der Waals surface area contributed by atoms with Crippen molar-refractivity contribution in [3.8, 4) is 0 Å². The molecule has 1 amide bonds. The molecule has 0 saturated carbocycles. The summed E-state index contributed by atoms with van der Waals surface area (Å²) in [4.78, 5) is 17.5. The second-order valence-electron chi connectivity index (χ2n) is 5.36. The maximum Gasteiger partial charge on any atom is 0.236 e. The molecule has 0 radical (unpaired) electrons. The molecular weight excluding hydrogens is 383 g/mol. The zero-order valence-corrected chi connectivity index (χ0v) is 16.2. The van der Waals surface area contributed by atoms with Crippen molar-refractivity contribution < 1.29 is 4.79 Å². The van der Waals surface area contributed by atoms with Crippen LogP contribution < -0.4 is 5.32 Å². The van der Waals surface area contributed by atoms with Gasteiger partial charge in [-0.25, -0.2) is 4.98 Å². The van der Waals surface area contributed by atoms with E-state index in [2.05, 4.69) is 29.4 Å². The third-order valence-electron chi connectivity index (χ3n) is 3.33. The van der Waals surface area contributed by atoms with Gasteiger partial charge in [-0.3, -0.25) is 4.79 Å². The Hall–Kier alpha value is -1.27. The predicted octanol–water partition coefficient (Wildman–Crippen LogP) is 5.95. The van der Waals surface area contributed by atoms with Crippen LogP contribution in [0.3, 0.4) is 0 Å². The van der Waals surface area contributed by atoms with Gasteiger partial charge >= 0.3 is 0 Å². The lowest BCUT2D eigenvalue weighted by atomic mass is 10.1. The Morgan fingerprint density at radius 3 is 2.83 bits per heavy atom. The van der Waals surface area contributed by atoms with Gasteiger partial charge in [-0.1, -0.05) is 40.6 Å². The van der Waals surface area contributed by atoms with E-state index in [1.165, 1.54) is 28.7 Å². The highest BCUT2D eigenvalue weighted by Crippen LogP contribution is 2.31. The summed E-state index contributed by atoms with van der Waals surface area (Å²) in [6.45, 7) is 4.08. The van der Waals surface area contributed by atoms with E-state index in [1.807, 2.05) is 6.92 Å². The van der Waals surface area contributed by atoms with E-state index in [0.717, 1.165) is 20.7 Å². The van der Waals surface area contributed by atoms with Gasteiger partial charge in [0.15, 0.2) is 5.13 Å². The molecule has 24 heavy (non-hydrogen) atoms. The smallest absolute Gasteiger partial charge is 0.236 e. The number of benzene rings is 2. The number of nitrogens with zero attached hydrogens (tertiary/aromatic N) is 1. The van der Waals surface area contributed by atoms with Gasteiger partial charge in [0.2, 0.25) is 5.91 Å². The summed E-state index contributed by atoms with van der Waals surface area (Å²) >= 11 is 14.9. The molecule has 3 aromatic rings. The molecule has 0 aliphatic heterocycles. The van der Waals surface area contributed by atoms with Crippen LogP contribution in [0.5, 0.6) is 0 Å². The minimum Gasteiger partial charge on any atom is -0.301 e. The van der Waals surface area contributed by atoms with E-state index >= 15 is 0 Å². The maximum absolute atomic E-state index is 12.2. The van der Waals surface area contributed by atoms with Crippen LogP contribution in [0.25, 0.3) is 10.2 Å². The molecule has 0 atom stereocenters. The fourth-order valence-electron chi connectivity index (χ4n) is 2.31. The van der Waals surface area contributed by atoms with Crippen molar-refractivity contribution in [3.05, 3.63) is 51.5 Å². The van der Waals surface area contributed by atoms with Crippen LogP contribution in [0, 0.1) is 13.8 Å². The molecule has 0 spiro atoms. The summed E-state index contributed by atoms with van der Waals surface area (Å²) in [6.07, 6.45) is 0. The van der Waals surface area contributed by atoms with Gasteiger partial charge in [-0.05, 0) is 49.2 Å². The standard InChI is InChI=1S/C17H14Cl2N2OS2/c1-9-5-10(2)16-14(6-9)24-17(21-16)20-15(22)8-23-13-7-11(18)3-4-12(13)19/h3-7H,8H2,1-2H3,(H,20,21,22). The Labute approximate surface area is 158 Å². The third kappa shape index (κ3) is 4.03. The van der Waals surface area contributed by atoms with Gasteiger partial charge in [-0.2, -0.15) is 0 Å². The number of amides is 1. The fraction of sp³-hybridized carbons (Fsp3) is 0.176. The maximum atomic E-state index is 12.2. The number of carbonyl (C=O) groups excluding carboxylic acids is 1. The zero-order chi connectivity index (χ0) is 17.3. The third-order valence-corrected chi connectivity index (χ3v) is 5.98. The molecule has 0 aliphatic rings. The summed E-state index contributed by atoms with van der Waals surface area (Å²) in [5.41, 5.74) is 3.24. The lowest BCUT2D eigenvalue weighted by molar-refractivity contribution is -0.113. The summed E-state index contributed by atoms with van der Waals surface area (Å²) in [5.74, 6) is 0.123. The molecule has 0 bridgehead atoms. The van der Waals surface area contributed by atoms with Crippen LogP contribution in [-0.2, 0) is 4.79 Å². The molecule has 0 aliphatic carbocycles. The van der Waals surface area contributed by atoms with E-state index in [1.54, 1.807) is 18.2 Å². The van der Waals surface area contributed by atoms with Crippen molar-refractivity contribution in [1.82, 2.24) is 4.98 Å². The van der Waals surface area contributed by atoms with Gasteiger partial charge in [0.1, 0.15) is 0 Å². The Morgan fingerprint density at radius 1 is 1.25 bits per heavy atom. The Bertz CT molecular complexity index is 924. The predicted molar refractivity (Wildman–Crippen MR) is 105 cm³/mol. The molecule has 3 nitrogen and oxygen atoms in total. The van der Waals surface area contributed by atoms with Crippen LogP contribution in [0.2, 0.25) is 10.0 Å². The lowest BCUT2D eigenvalue weighted by Gasteiger charge is -2.04. The van der Waals surface area contributed by atoms with Crippen molar-refractivity contribution in [1.29, 1.82) is 0 Å². The topological polar surface area (TPSA) is 42.0 Å². The molecule has 1 heterocycles. The van der Waals surface area contributed by atoms with Gasteiger partial charge in [0.25, 0.3) is 0 Å². The number of aromatic nitrogens is 1. The number of thioether (sulfide) groups is 1. The first-order chi connectivity index (χ1) is 11.4. The number of nitrogens with one attached hydrogen (secondary N) is 1. The van der Waals surface area contributed by atoms with Gasteiger partial charge in [0.05, 0.1) is 21.0 Å². The minimum atomic E-state index is -0.121. The molecule has 0 unspecified atom stereocenters. The number of hydrogen-bond donors (Lipinski definition) is 1. The second-order valence-corrected chi connectivity index (χ2v) is 8.25. The lowest BCUT2D eigenvalue weighted by Crippen LogP contribution is -2.13. The summed E-state index contributed by atoms with van der Waals surface area (Å²) < 4.78 is 1.08. The molecule has 0 fully saturated rings. The number of anilines is 1. The van der Waals surface area contributed by atoms with Crippen LogP contribution >= 0.6 is 46.3 Å². The number of fused-ring (bicyclic) bond motifs is 1. The van der Waals surface area contributed by atoms with Crippen molar-refractivity contribution >= 4 is 67.6 Å². The van der Waals surface area contributed by atoms with Gasteiger partial charge in [0, 0.05) is 9.92 Å². The van der Waals surface area contributed by atoms with Crippen LogP contribution in [0.4, 0.5) is 5.13 Å². The highest BCUT2D eigenvalue weighted by molar-refractivity contribution is 8.00. The summed E-state index contributed by atoms with van der Waals surface area (Å²) in [5, 5.41) is 4.65. The molecule has 7 heteroatoms. The Morgan fingerprint density at radius 2 is 2.04 bits per heavy atom. The highest BCUT2D eigenvalue weighted by Gasteiger charge is 2.11. The molecule has 1 aromatic heterocycles. The number of halogens is 2. The summed E-state index contributed by atoms with van der Waals surface area (Å²) in [7, 11) is 0. The SMILES string of the molecule is Cc1cc(C)c2nc(NC(=O)CSc3cc(Cl)ccc3Cl)sc2c1. The van der Waals surface area contributed by atoms with Crippen molar-refractivity contribution in [2.45, 2.75) is 18.7 Å². The Balaban J connectivity index is 1.69. The second kappa shape index (κ2) is 7.31. The van der Waals surface area contributed by atoms with Crippen LogP contribution in [0.1, 0.15) is 11.1 Å². The summed E-state index contributed by atoms with van der Waals surface area (Å²) in [6, 6.07) is 9.37. The molecule has 2 aromatic carbocycles. The average molecular weight is 397 g/mol. The van der Waals surface area contributed by atoms with E-state index in [0.29, 0.717) is 15.2 Å². The van der Waals surface area contributed by atoms with Crippen molar-refractivity contribution in [2.75, 3.05) is 11.1 Å².